The van der Waals surface area contributed by atoms with E-state index >= 15 is 0 Å². The van der Waals surface area contributed by atoms with Crippen LogP contribution in [-0.4, -0.2) is 35.2 Å². The summed E-state index contributed by atoms with van der Waals surface area (Å²) >= 11 is 0. The van der Waals surface area contributed by atoms with E-state index in [4.69, 9.17) is 0 Å². The zero-order valence-electron chi connectivity index (χ0n) is 11.7. The molecule has 0 amide bonds. The number of nitrogens with zero attached hydrogens (tertiary/aromatic N) is 2. The Labute approximate surface area is 118 Å². The number of carbonyl (C=O) groups excluding carboxylic acids is 1. The molecule has 0 N–H and O–H groups in total. The molecule has 108 valence electrons. The number of ketones is 1. The van der Waals surface area contributed by atoms with Crippen molar-refractivity contribution < 1.29 is 9.72 Å². The number of hydrogen-bond donors (Lipinski definition) is 0. The third-order valence-electron chi connectivity index (χ3n) is 3.86. The van der Waals surface area contributed by atoms with Crippen LogP contribution in [0.25, 0.3) is 0 Å². The minimum atomic E-state index is -0.468. The second kappa shape index (κ2) is 6.61. The number of likely N-dealkylation sites (tertiary alicyclic amines) is 1. The molecule has 0 aliphatic carbocycles. The molecular formula is C15H20N2O3. The molecule has 5 heteroatoms. The van der Waals surface area contributed by atoms with Crippen molar-refractivity contribution in [3.63, 3.8) is 0 Å². The Morgan fingerprint density at radius 2 is 2.20 bits per heavy atom. The van der Waals surface area contributed by atoms with E-state index in [1.54, 1.807) is 12.1 Å². The molecule has 0 aromatic heterocycles. The molecule has 1 saturated heterocycles. The van der Waals surface area contributed by atoms with Gasteiger partial charge in [0.05, 0.1) is 11.5 Å². The Morgan fingerprint density at radius 3 is 2.95 bits per heavy atom. The largest absolute Gasteiger partial charge is 0.296 e. The van der Waals surface area contributed by atoms with Crippen molar-refractivity contribution in [3.05, 3.63) is 39.9 Å². The van der Waals surface area contributed by atoms with Crippen molar-refractivity contribution >= 4 is 11.5 Å². The Kier molecular flexibility index (Phi) is 4.84. The number of benzene rings is 1. The highest BCUT2D eigenvalue weighted by atomic mass is 16.6. The van der Waals surface area contributed by atoms with Crippen LogP contribution in [0.1, 0.15) is 36.5 Å². The summed E-state index contributed by atoms with van der Waals surface area (Å²) in [5.41, 5.74) is 0.400. The predicted molar refractivity (Wildman–Crippen MR) is 76.9 cm³/mol. The highest BCUT2D eigenvalue weighted by Gasteiger charge is 2.18. The summed E-state index contributed by atoms with van der Waals surface area (Å²) < 4.78 is 0. The van der Waals surface area contributed by atoms with Crippen molar-refractivity contribution in [2.24, 2.45) is 5.92 Å². The molecule has 0 saturated carbocycles. The summed E-state index contributed by atoms with van der Waals surface area (Å²) in [7, 11) is 0. The molecule has 0 radical (unpaired) electrons. The van der Waals surface area contributed by atoms with Crippen LogP contribution in [-0.2, 0) is 0 Å². The van der Waals surface area contributed by atoms with Gasteiger partial charge >= 0.3 is 0 Å². The van der Waals surface area contributed by atoms with Gasteiger partial charge in [-0.15, -0.1) is 0 Å². The Bertz CT molecular complexity index is 502. The molecule has 1 unspecified atom stereocenters. The maximum atomic E-state index is 12.2. The second-order valence-corrected chi connectivity index (χ2v) is 5.54. The lowest BCUT2D eigenvalue weighted by Crippen LogP contribution is -2.31. The van der Waals surface area contributed by atoms with Crippen molar-refractivity contribution in [2.75, 3.05) is 19.6 Å². The van der Waals surface area contributed by atoms with E-state index in [2.05, 4.69) is 11.8 Å². The summed E-state index contributed by atoms with van der Waals surface area (Å²) in [4.78, 5) is 24.6. The van der Waals surface area contributed by atoms with Crippen molar-refractivity contribution in [2.45, 2.75) is 26.2 Å². The number of hydrogen-bond acceptors (Lipinski definition) is 4. The van der Waals surface area contributed by atoms with E-state index in [9.17, 15) is 14.9 Å². The molecule has 20 heavy (non-hydrogen) atoms. The monoisotopic (exact) mass is 276 g/mol. The van der Waals surface area contributed by atoms with Crippen LogP contribution >= 0.6 is 0 Å². The fraction of sp³-hybridized carbons (Fsp3) is 0.533. The molecule has 2 rings (SSSR count). The second-order valence-electron chi connectivity index (χ2n) is 5.54. The third kappa shape index (κ3) is 3.87. The molecule has 1 aromatic rings. The summed E-state index contributed by atoms with van der Waals surface area (Å²) in [6, 6.07) is 5.98. The molecule has 1 aliphatic heterocycles. The van der Waals surface area contributed by atoms with Crippen molar-refractivity contribution in [1.82, 2.24) is 4.90 Å². The minimum Gasteiger partial charge on any atom is -0.296 e. The number of carbonyl (C=O) groups is 1. The molecule has 5 nitrogen and oxygen atoms in total. The summed E-state index contributed by atoms with van der Waals surface area (Å²) in [5.74, 6) is 0.677. The van der Waals surface area contributed by atoms with E-state index in [0.29, 0.717) is 18.0 Å². The Morgan fingerprint density at radius 1 is 1.40 bits per heavy atom. The number of Topliss-reactive ketones (excluding diaryl/α,β-unsaturated/α-hetero) is 1. The number of nitro benzene ring substituents is 1. The topological polar surface area (TPSA) is 63.5 Å². The lowest BCUT2D eigenvalue weighted by Gasteiger charge is -2.18. The standard InChI is InChI=1S/C15H20N2O3/c1-12-4-3-8-16(9-7-12)11-15(18)13-5-2-6-14(10-13)17(19)20/h2,5-6,10,12H,3-4,7-9,11H2,1H3. The van der Waals surface area contributed by atoms with E-state index < -0.39 is 4.92 Å². The van der Waals surface area contributed by atoms with Gasteiger partial charge in [-0.25, -0.2) is 0 Å². The zero-order valence-corrected chi connectivity index (χ0v) is 11.7. The van der Waals surface area contributed by atoms with Crippen molar-refractivity contribution in [1.29, 1.82) is 0 Å². The third-order valence-corrected chi connectivity index (χ3v) is 3.86. The quantitative estimate of drug-likeness (QED) is 0.482. The normalized spacial score (nSPS) is 20.4. The van der Waals surface area contributed by atoms with E-state index in [0.717, 1.165) is 25.9 Å². The average Bonchev–Trinajstić information content (AvgIpc) is 2.64. The first kappa shape index (κ1) is 14.7. The van der Waals surface area contributed by atoms with Gasteiger partial charge in [0.25, 0.3) is 5.69 Å². The van der Waals surface area contributed by atoms with Gasteiger partial charge in [0.15, 0.2) is 5.78 Å². The van der Waals surface area contributed by atoms with Gasteiger partial charge in [-0.05, 0) is 38.3 Å². The molecule has 1 aromatic carbocycles. The van der Waals surface area contributed by atoms with Crippen LogP contribution in [0.15, 0.2) is 24.3 Å². The van der Waals surface area contributed by atoms with E-state index in [1.807, 2.05) is 0 Å². The highest BCUT2D eigenvalue weighted by Crippen LogP contribution is 2.18. The van der Waals surface area contributed by atoms with Gasteiger partial charge in [-0.2, -0.15) is 0 Å². The van der Waals surface area contributed by atoms with Gasteiger partial charge in [0, 0.05) is 17.7 Å². The Balaban J connectivity index is 2.00. The molecule has 1 aliphatic rings. The fourth-order valence-electron chi connectivity index (χ4n) is 2.57. The van der Waals surface area contributed by atoms with Gasteiger partial charge in [-0.3, -0.25) is 19.8 Å². The van der Waals surface area contributed by atoms with Gasteiger partial charge in [0.1, 0.15) is 0 Å². The van der Waals surface area contributed by atoms with E-state index in [-0.39, 0.29) is 11.5 Å². The molecule has 1 heterocycles. The molecule has 0 spiro atoms. The minimum absolute atomic E-state index is 0.0275. The first-order chi connectivity index (χ1) is 9.56. The lowest BCUT2D eigenvalue weighted by molar-refractivity contribution is -0.384. The molecular weight excluding hydrogens is 256 g/mol. The van der Waals surface area contributed by atoms with Crippen LogP contribution in [0.5, 0.6) is 0 Å². The zero-order chi connectivity index (χ0) is 14.5. The fourth-order valence-corrected chi connectivity index (χ4v) is 2.57. The maximum absolute atomic E-state index is 12.2. The number of nitro groups is 1. The highest BCUT2D eigenvalue weighted by molar-refractivity contribution is 5.98. The van der Waals surface area contributed by atoms with Gasteiger partial charge in [-0.1, -0.05) is 19.1 Å². The summed E-state index contributed by atoms with van der Waals surface area (Å²) in [6.07, 6.45) is 3.44. The summed E-state index contributed by atoms with van der Waals surface area (Å²) in [5, 5.41) is 10.7. The maximum Gasteiger partial charge on any atom is 0.270 e. The van der Waals surface area contributed by atoms with Crippen LogP contribution in [0.4, 0.5) is 5.69 Å². The molecule has 1 fully saturated rings. The summed E-state index contributed by atoms with van der Waals surface area (Å²) in [6.45, 7) is 4.46. The molecule has 1 atom stereocenters. The van der Waals surface area contributed by atoms with E-state index in [1.165, 1.54) is 18.6 Å². The Hall–Kier alpha value is -1.75. The lowest BCUT2D eigenvalue weighted by atomic mass is 10.0. The van der Waals surface area contributed by atoms with Crippen LogP contribution < -0.4 is 0 Å². The van der Waals surface area contributed by atoms with Crippen LogP contribution in [0, 0.1) is 16.0 Å². The average molecular weight is 276 g/mol. The smallest absolute Gasteiger partial charge is 0.270 e. The number of non-ortho nitro benzene ring substituents is 1. The van der Waals surface area contributed by atoms with Crippen LogP contribution in [0.2, 0.25) is 0 Å². The predicted octanol–water partition coefficient (Wildman–Crippen LogP) is 2.90. The number of rotatable bonds is 4. The van der Waals surface area contributed by atoms with Gasteiger partial charge < -0.3 is 0 Å². The van der Waals surface area contributed by atoms with Gasteiger partial charge in [0.2, 0.25) is 0 Å². The molecule has 0 bridgehead atoms. The van der Waals surface area contributed by atoms with Crippen molar-refractivity contribution in [3.8, 4) is 0 Å². The SMILES string of the molecule is CC1CCCN(CC(=O)c2cccc([N+](=O)[O-])c2)CC1. The first-order valence-corrected chi connectivity index (χ1v) is 7.06. The first-order valence-electron chi connectivity index (χ1n) is 7.06. The van der Waals surface area contributed by atoms with Crippen LogP contribution in [0.3, 0.4) is 0 Å².